The molecule has 0 bridgehead atoms. The number of primary amides is 1. The molecule has 3 N–H and O–H groups in total. The minimum absolute atomic E-state index is 0.0714. The Morgan fingerprint density at radius 3 is 2.27 bits per heavy atom. The number of hydrogen-bond acceptors (Lipinski definition) is 3. The normalized spacial score (nSPS) is 10.3. The smallest absolute Gasteiger partial charge is 0.255 e. The molecule has 22 heavy (non-hydrogen) atoms. The van der Waals surface area contributed by atoms with Crippen LogP contribution in [0.4, 0.5) is 5.69 Å². The van der Waals surface area contributed by atoms with Gasteiger partial charge in [0.05, 0.1) is 17.4 Å². The van der Waals surface area contributed by atoms with Crippen LogP contribution in [0.2, 0.25) is 0 Å². The highest BCUT2D eigenvalue weighted by atomic mass is 16.5. The summed E-state index contributed by atoms with van der Waals surface area (Å²) in [5.41, 5.74) is 6.42. The zero-order valence-corrected chi connectivity index (χ0v) is 12.5. The first-order chi connectivity index (χ1) is 10.5. The Bertz CT molecular complexity index is 679. The van der Waals surface area contributed by atoms with E-state index >= 15 is 0 Å². The summed E-state index contributed by atoms with van der Waals surface area (Å²) in [6.07, 6.45) is 0.0714. The molecular formula is C17H18N2O3. The van der Waals surface area contributed by atoms with Crippen molar-refractivity contribution in [1.82, 2.24) is 0 Å². The van der Waals surface area contributed by atoms with E-state index in [-0.39, 0.29) is 17.6 Å². The Kier molecular flexibility index (Phi) is 4.78. The van der Waals surface area contributed by atoms with Crippen molar-refractivity contribution in [3.63, 3.8) is 0 Å². The number of hydrogen-bond donors (Lipinski definition) is 2. The third-order valence-corrected chi connectivity index (χ3v) is 2.93. The van der Waals surface area contributed by atoms with Crippen molar-refractivity contribution < 1.29 is 14.3 Å². The molecule has 0 aliphatic heterocycles. The lowest BCUT2D eigenvalue weighted by Gasteiger charge is -2.11. The van der Waals surface area contributed by atoms with E-state index in [4.69, 9.17) is 10.5 Å². The van der Waals surface area contributed by atoms with Gasteiger partial charge in [-0.2, -0.15) is 0 Å². The lowest BCUT2D eigenvalue weighted by atomic mass is 10.1. The molecule has 0 spiro atoms. The van der Waals surface area contributed by atoms with E-state index in [1.165, 1.54) is 0 Å². The standard InChI is InChI=1S/C17H18N2O3/c1-11(2)22-13-9-7-12(8-10-13)17(21)19-15-6-4-3-5-14(15)16(18)20/h3-11H,1-2H3,(H2,18,20)(H,19,21). The first-order valence-electron chi connectivity index (χ1n) is 6.94. The summed E-state index contributed by atoms with van der Waals surface area (Å²) >= 11 is 0. The van der Waals surface area contributed by atoms with Gasteiger partial charge in [-0.05, 0) is 50.2 Å². The van der Waals surface area contributed by atoms with Crippen molar-refractivity contribution in [2.45, 2.75) is 20.0 Å². The number of ether oxygens (including phenoxy) is 1. The molecular weight excluding hydrogens is 280 g/mol. The number of rotatable bonds is 5. The first kappa shape index (κ1) is 15.6. The van der Waals surface area contributed by atoms with Crippen LogP contribution in [0.1, 0.15) is 34.6 Å². The highest BCUT2D eigenvalue weighted by Gasteiger charge is 2.12. The number of para-hydroxylation sites is 1. The molecule has 0 unspecified atom stereocenters. The number of nitrogens with one attached hydrogen (secondary N) is 1. The summed E-state index contributed by atoms with van der Waals surface area (Å²) < 4.78 is 5.52. The lowest BCUT2D eigenvalue weighted by Crippen LogP contribution is -2.18. The van der Waals surface area contributed by atoms with Crippen molar-refractivity contribution in [2.75, 3.05) is 5.32 Å². The van der Waals surface area contributed by atoms with E-state index < -0.39 is 5.91 Å². The number of anilines is 1. The fourth-order valence-corrected chi connectivity index (χ4v) is 1.96. The van der Waals surface area contributed by atoms with Crippen molar-refractivity contribution in [1.29, 1.82) is 0 Å². The van der Waals surface area contributed by atoms with Crippen LogP contribution in [0.5, 0.6) is 5.75 Å². The number of carbonyl (C=O) groups excluding carboxylic acids is 2. The van der Waals surface area contributed by atoms with E-state index in [0.29, 0.717) is 17.0 Å². The molecule has 2 aromatic rings. The maximum absolute atomic E-state index is 12.2. The molecule has 5 nitrogen and oxygen atoms in total. The molecule has 0 heterocycles. The highest BCUT2D eigenvalue weighted by Crippen LogP contribution is 2.18. The van der Waals surface area contributed by atoms with Crippen LogP contribution in [0, 0.1) is 0 Å². The topological polar surface area (TPSA) is 81.4 Å². The van der Waals surface area contributed by atoms with Crippen LogP contribution < -0.4 is 15.8 Å². The van der Waals surface area contributed by atoms with Crippen LogP contribution >= 0.6 is 0 Å². The first-order valence-corrected chi connectivity index (χ1v) is 6.94. The van der Waals surface area contributed by atoms with Gasteiger partial charge in [-0.1, -0.05) is 12.1 Å². The molecule has 5 heteroatoms. The van der Waals surface area contributed by atoms with Crippen LogP contribution in [-0.4, -0.2) is 17.9 Å². The monoisotopic (exact) mass is 298 g/mol. The van der Waals surface area contributed by atoms with E-state index in [2.05, 4.69) is 5.32 Å². The molecule has 114 valence electrons. The van der Waals surface area contributed by atoms with Gasteiger partial charge in [0, 0.05) is 5.56 Å². The average Bonchev–Trinajstić information content (AvgIpc) is 2.47. The highest BCUT2D eigenvalue weighted by molar-refractivity contribution is 6.08. The zero-order chi connectivity index (χ0) is 16.1. The minimum Gasteiger partial charge on any atom is -0.491 e. The SMILES string of the molecule is CC(C)Oc1ccc(C(=O)Nc2ccccc2C(N)=O)cc1. The Labute approximate surface area is 129 Å². The van der Waals surface area contributed by atoms with E-state index in [0.717, 1.165) is 0 Å². The second kappa shape index (κ2) is 6.76. The number of benzene rings is 2. The molecule has 2 rings (SSSR count). The molecule has 0 radical (unpaired) electrons. The quantitative estimate of drug-likeness (QED) is 0.890. The second-order valence-corrected chi connectivity index (χ2v) is 5.05. The molecule has 0 saturated heterocycles. The van der Waals surface area contributed by atoms with E-state index in [1.807, 2.05) is 13.8 Å². The Morgan fingerprint density at radius 2 is 1.68 bits per heavy atom. The van der Waals surface area contributed by atoms with Crippen LogP contribution in [0.15, 0.2) is 48.5 Å². The Morgan fingerprint density at radius 1 is 1.05 bits per heavy atom. The van der Waals surface area contributed by atoms with Crippen molar-refractivity contribution in [3.05, 3.63) is 59.7 Å². The molecule has 2 amide bonds. The maximum Gasteiger partial charge on any atom is 0.255 e. The van der Waals surface area contributed by atoms with E-state index in [9.17, 15) is 9.59 Å². The molecule has 2 aromatic carbocycles. The zero-order valence-electron chi connectivity index (χ0n) is 12.5. The number of nitrogens with two attached hydrogens (primary N) is 1. The third kappa shape index (κ3) is 3.85. The van der Waals surface area contributed by atoms with Crippen molar-refractivity contribution >= 4 is 17.5 Å². The van der Waals surface area contributed by atoms with Gasteiger partial charge >= 0.3 is 0 Å². The van der Waals surface area contributed by atoms with Gasteiger partial charge in [-0.15, -0.1) is 0 Å². The minimum atomic E-state index is -0.586. The van der Waals surface area contributed by atoms with Crippen molar-refractivity contribution in [3.8, 4) is 5.75 Å². The van der Waals surface area contributed by atoms with Crippen LogP contribution in [0.25, 0.3) is 0 Å². The summed E-state index contributed by atoms with van der Waals surface area (Å²) in [6.45, 7) is 3.86. The van der Waals surface area contributed by atoms with Crippen molar-refractivity contribution in [2.24, 2.45) is 5.73 Å². The molecule has 0 aliphatic carbocycles. The van der Waals surface area contributed by atoms with Gasteiger partial charge in [-0.25, -0.2) is 0 Å². The van der Waals surface area contributed by atoms with Crippen LogP contribution in [0.3, 0.4) is 0 Å². The summed E-state index contributed by atoms with van der Waals surface area (Å²) in [5, 5.41) is 2.69. The summed E-state index contributed by atoms with van der Waals surface area (Å²) in [6, 6.07) is 13.4. The van der Waals surface area contributed by atoms with Gasteiger partial charge in [-0.3, -0.25) is 9.59 Å². The Hall–Kier alpha value is -2.82. The fourth-order valence-electron chi connectivity index (χ4n) is 1.96. The van der Waals surface area contributed by atoms with Gasteiger partial charge in [0.1, 0.15) is 5.75 Å². The van der Waals surface area contributed by atoms with Gasteiger partial charge in [0.15, 0.2) is 0 Å². The molecule has 0 aliphatic rings. The van der Waals surface area contributed by atoms with Crippen LogP contribution in [-0.2, 0) is 0 Å². The summed E-state index contributed by atoms with van der Waals surface area (Å²) in [4.78, 5) is 23.6. The predicted octanol–water partition coefficient (Wildman–Crippen LogP) is 2.83. The third-order valence-electron chi connectivity index (χ3n) is 2.93. The summed E-state index contributed by atoms with van der Waals surface area (Å²) in [7, 11) is 0. The lowest BCUT2D eigenvalue weighted by molar-refractivity contribution is 0.100. The second-order valence-electron chi connectivity index (χ2n) is 5.05. The van der Waals surface area contributed by atoms with Gasteiger partial charge in [0.25, 0.3) is 11.8 Å². The molecule has 0 atom stereocenters. The molecule has 0 fully saturated rings. The average molecular weight is 298 g/mol. The van der Waals surface area contributed by atoms with Gasteiger partial charge in [0.2, 0.25) is 0 Å². The largest absolute Gasteiger partial charge is 0.491 e. The van der Waals surface area contributed by atoms with Gasteiger partial charge < -0.3 is 15.8 Å². The number of carbonyl (C=O) groups is 2. The summed E-state index contributed by atoms with van der Waals surface area (Å²) in [5.74, 6) is -0.203. The predicted molar refractivity (Wildman–Crippen MR) is 85.1 cm³/mol. The fraction of sp³-hybridized carbons (Fsp3) is 0.176. The number of amides is 2. The Balaban J connectivity index is 2.14. The van der Waals surface area contributed by atoms with E-state index in [1.54, 1.807) is 48.5 Å². The molecule has 0 aromatic heterocycles. The molecule has 0 saturated carbocycles. The maximum atomic E-state index is 12.2.